The van der Waals surface area contributed by atoms with Crippen LogP contribution in [0.15, 0.2) is 48.5 Å². The van der Waals surface area contributed by atoms with Crippen LogP contribution in [-0.2, 0) is 16.7 Å². The standard InChI is InChI=1S/C20H24N2O5S/c1-3-28(24,25)27-17-12-8-15(9-13-17)14-22(16-10-11-16)20(23)21-18-6-4-5-7-19(18)26-2/h4-9,12-13,16H,3,10-11,14H2,1-2H3,(H,21,23). The van der Waals surface area contributed by atoms with Crippen LogP contribution in [0, 0.1) is 0 Å². The Morgan fingerprint density at radius 1 is 1.14 bits per heavy atom. The predicted molar refractivity (Wildman–Crippen MR) is 107 cm³/mol. The molecule has 0 saturated heterocycles. The Hall–Kier alpha value is -2.74. The number of nitrogens with zero attached hydrogens (tertiary/aromatic N) is 1. The molecule has 0 spiro atoms. The lowest BCUT2D eigenvalue weighted by molar-refractivity contribution is 0.206. The number of amides is 2. The van der Waals surface area contributed by atoms with Gasteiger partial charge in [0.2, 0.25) is 0 Å². The first-order valence-corrected chi connectivity index (χ1v) is 10.7. The summed E-state index contributed by atoms with van der Waals surface area (Å²) in [7, 11) is -1.99. The number of carbonyl (C=O) groups excluding carboxylic acids is 1. The zero-order valence-corrected chi connectivity index (χ0v) is 16.7. The molecule has 28 heavy (non-hydrogen) atoms. The first-order valence-electron chi connectivity index (χ1n) is 9.13. The first kappa shape index (κ1) is 20.0. The highest BCUT2D eigenvalue weighted by Gasteiger charge is 2.33. The summed E-state index contributed by atoms with van der Waals surface area (Å²) in [4.78, 5) is 14.6. The topological polar surface area (TPSA) is 84.9 Å². The molecule has 7 nitrogen and oxygen atoms in total. The second-order valence-corrected chi connectivity index (χ2v) is 8.42. The summed E-state index contributed by atoms with van der Waals surface area (Å²) >= 11 is 0. The Kier molecular flexibility index (Phi) is 6.08. The molecule has 0 atom stereocenters. The fraction of sp³-hybridized carbons (Fsp3) is 0.350. The van der Waals surface area contributed by atoms with Gasteiger partial charge in [0, 0.05) is 12.6 Å². The Morgan fingerprint density at radius 3 is 2.43 bits per heavy atom. The third-order valence-corrected chi connectivity index (χ3v) is 5.60. The fourth-order valence-corrected chi connectivity index (χ4v) is 3.26. The SMILES string of the molecule is CCS(=O)(=O)Oc1ccc(CN(C(=O)Nc2ccccc2OC)C2CC2)cc1. The van der Waals surface area contributed by atoms with E-state index in [0.29, 0.717) is 18.0 Å². The van der Waals surface area contributed by atoms with Crippen molar-refractivity contribution in [3.8, 4) is 11.5 Å². The molecule has 150 valence electrons. The van der Waals surface area contributed by atoms with Gasteiger partial charge in [-0.25, -0.2) is 4.79 Å². The molecule has 0 unspecified atom stereocenters. The van der Waals surface area contributed by atoms with Gasteiger partial charge in [-0.05, 0) is 49.6 Å². The summed E-state index contributed by atoms with van der Waals surface area (Å²) in [5.41, 5.74) is 1.51. The Bertz CT molecular complexity index is 924. The Balaban J connectivity index is 1.69. The van der Waals surface area contributed by atoms with Crippen molar-refractivity contribution in [3.63, 3.8) is 0 Å². The Labute approximate surface area is 165 Å². The van der Waals surface area contributed by atoms with Gasteiger partial charge in [0.25, 0.3) is 0 Å². The van der Waals surface area contributed by atoms with Crippen LogP contribution >= 0.6 is 0 Å². The van der Waals surface area contributed by atoms with Crippen molar-refractivity contribution in [1.29, 1.82) is 0 Å². The maximum absolute atomic E-state index is 12.8. The van der Waals surface area contributed by atoms with Gasteiger partial charge >= 0.3 is 16.1 Å². The Morgan fingerprint density at radius 2 is 1.82 bits per heavy atom. The van der Waals surface area contributed by atoms with E-state index in [-0.39, 0.29) is 23.6 Å². The van der Waals surface area contributed by atoms with Gasteiger partial charge in [0.1, 0.15) is 11.5 Å². The molecule has 2 aromatic rings. The number of carbonyl (C=O) groups is 1. The number of hydrogen-bond acceptors (Lipinski definition) is 5. The summed E-state index contributed by atoms with van der Waals surface area (Å²) in [5, 5.41) is 2.91. The van der Waals surface area contributed by atoms with Gasteiger partial charge in [-0.1, -0.05) is 24.3 Å². The number of hydrogen-bond donors (Lipinski definition) is 1. The van der Waals surface area contributed by atoms with E-state index in [0.717, 1.165) is 18.4 Å². The van der Waals surface area contributed by atoms with Crippen LogP contribution in [0.4, 0.5) is 10.5 Å². The molecule has 1 aliphatic carbocycles. The lowest BCUT2D eigenvalue weighted by Gasteiger charge is -2.23. The third-order valence-electron chi connectivity index (χ3n) is 4.45. The molecule has 1 N–H and O–H groups in total. The van der Waals surface area contributed by atoms with E-state index in [1.807, 2.05) is 12.1 Å². The predicted octanol–water partition coefficient (Wildman–Crippen LogP) is 3.62. The minimum Gasteiger partial charge on any atom is -0.495 e. The zero-order chi connectivity index (χ0) is 20.1. The lowest BCUT2D eigenvalue weighted by Crippen LogP contribution is -2.36. The molecular weight excluding hydrogens is 380 g/mol. The van der Waals surface area contributed by atoms with E-state index in [2.05, 4.69) is 5.32 Å². The molecule has 1 aliphatic rings. The maximum Gasteiger partial charge on any atom is 0.322 e. The van der Waals surface area contributed by atoms with Crippen LogP contribution in [0.2, 0.25) is 0 Å². The molecule has 0 heterocycles. The molecule has 2 aromatic carbocycles. The zero-order valence-electron chi connectivity index (χ0n) is 15.9. The summed E-state index contributed by atoms with van der Waals surface area (Å²) < 4.78 is 33.4. The van der Waals surface area contributed by atoms with E-state index in [4.69, 9.17) is 8.92 Å². The third kappa shape index (κ3) is 5.16. The summed E-state index contributed by atoms with van der Waals surface area (Å²) in [5.74, 6) is 0.778. The molecule has 0 radical (unpaired) electrons. The van der Waals surface area contributed by atoms with Crippen molar-refractivity contribution in [1.82, 2.24) is 4.90 Å². The van der Waals surface area contributed by atoms with E-state index in [9.17, 15) is 13.2 Å². The molecule has 8 heteroatoms. The van der Waals surface area contributed by atoms with Gasteiger partial charge in [0.15, 0.2) is 0 Å². The van der Waals surface area contributed by atoms with Gasteiger partial charge in [0.05, 0.1) is 18.6 Å². The number of methoxy groups -OCH3 is 1. The van der Waals surface area contributed by atoms with E-state index < -0.39 is 10.1 Å². The smallest absolute Gasteiger partial charge is 0.322 e. The molecule has 2 amide bonds. The normalized spacial score (nSPS) is 13.6. The molecule has 0 bridgehead atoms. The van der Waals surface area contributed by atoms with E-state index >= 15 is 0 Å². The van der Waals surface area contributed by atoms with E-state index in [1.165, 1.54) is 6.92 Å². The minimum absolute atomic E-state index is 0.0900. The summed E-state index contributed by atoms with van der Waals surface area (Å²) in [6.45, 7) is 1.95. The van der Waals surface area contributed by atoms with Crippen molar-refractivity contribution in [2.75, 3.05) is 18.2 Å². The van der Waals surface area contributed by atoms with Crippen molar-refractivity contribution in [2.45, 2.75) is 32.4 Å². The number of ether oxygens (including phenoxy) is 1. The van der Waals surface area contributed by atoms with Crippen LogP contribution in [-0.4, -0.2) is 38.3 Å². The number of rotatable bonds is 8. The highest BCUT2D eigenvalue weighted by atomic mass is 32.2. The largest absolute Gasteiger partial charge is 0.495 e. The summed E-state index contributed by atoms with van der Waals surface area (Å²) in [6.07, 6.45) is 1.94. The second kappa shape index (κ2) is 8.52. The maximum atomic E-state index is 12.8. The van der Waals surface area contributed by atoms with Crippen molar-refractivity contribution in [2.24, 2.45) is 0 Å². The molecule has 1 saturated carbocycles. The van der Waals surface area contributed by atoms with Crippen LogP contribution < -0.4 is 14.2 Å². The number of benzene rings is 2. The van der Waals surface area contributed by atoms with Gasteiger partial charge < -0.3 is 19.1 Å². The number of para-hydroxylation sites is 2. The molecule has 3 rings (SSSR count). The first-order chi connectivity index (χ1) is 13.4. The van der Waals surface area contributed by atoms with Crippen LogP contribution in [0.1, 0.15) is 25.3 Å². The highest BCUT2D eigenvalue weighted by molar-refractivity contribution is 7.87. The second-order valence-electron chi connectivity index (χ2n) is 6.56. The highest BCUT2D eigenvalue weighted by Crippen LogP contribution is 2.31. The molecule has 0 aromatic heterocycles. The quantitative estimate of drug-likeness (QED) is 0.679. The van der Waals surface area contributed by atoms with Crippen molar-refractivity contribution < 1.29 is 22.1 Å². The number of urea groups is 1. The molecule has 1 fully saturated rings. The van der Waals surface area contributed by atoms with Crippen LogP contribution in [0.25, 0.3) is 0 Å². The molecule has 0 aliphatic heterocycles. The van der Waals surface area contributed by atoms with Gasteiger partial charge in [-0.2, -0.15) is 8.42 Å². The van der Waals surface area contributed by atoms with Crippen LogP contribution in [0.3, 0.4) is 0 Å². The van der Waals surface area contributed by atoms with Crippen molar-refractivity contribution >= 4 is 21.8 Å². The van der Waals surface area contributed by atoms with Gasteiger partial charge in [-0.3, -0.25) is 0 Å². The average Bonchev–Trinajstić information content (AvgIpc) is 3.52. The summed E-state index contributed by atoms with van der Waals surface area (Å²) in [6, 6.07) is 14.0. The average molecular weight is 404 g/mol. The van der Waals surface area contributed by atoms with E-state index in [1.54, 1.807) is 48.4 Å². The number of anilines is 1. The molecular formula is C20H24N2O5S. The minimum atomic E-state index is -3.55. The van der Waals surface area contributed by atoms with Crippen molar-refractivity contribution in [3.05, 3.63) is 54.1 Å². The van der Waals surface area contributed by atoms with Gasteiger partial charge in [-0.15, -0.1) is 0 Å². The fourth-order valence-electron chi connectivity index (χ4n) is 2.74. The van der Waals surface area contributed by atoms with Crippen LogP contribution in [0.5, 0.6) is 11.5 Å². The number of nitrogens with one attached hydrogen (secondary N) is 1. The monoisotopic (exact) mass is 404 g/mol. The lowest BCUT2D eigenvalue weighted by atomic mass is 10.2.